The Morgan fingerprint density at radius 3 is 0.840 bits per heavy atom. The van der Waals surface area contributed by atoms with Crippen molar-refractivity contribution in [1.29, 1.82) is 5.26 Å². The molecule has 21 rings (SSSR count). The predicted octanol–water partition coefficient (Wildman–Crippen LogP) is 25.5. The van der Waals surface area contributed by atoms with Crippen LogP contribution >= 0.6 is 0 Å². The Kier molecular flexibility index (Phi) is 13.0. The first-order valence-corrected chi connectivity index (χ1v) is 34.9. The minimum atomic E-state index is -5.21. The van der Waals surface area contributed by atoms with Crippen molar-refractivity contribution >= 4 is 131 Å². The molecule has 0 bridgehead atoms. The molecule has 6 aromatic heterocycles. The van der Waals surface area contributed by atoms with Gasteiger partial charge in [-0.1, -0.05) is 164 Å². The average Bonchev–Trinajstić information content (AvgIpc) is 1.55. The quantitative estimate of drug-likeness (QED) is 0.140. The Labute approximate surface area is 599 Å². The van der Waals surface area contributed by atoms with Crippen LogP contribution in [-0.2, 0) is 12.4 Å². The highest BCUT2D eigenvalue weighted by Crippen LogP contribution is 2.49. The molecule has 0 radical (unpaired) electrons. The van der Waals surface area contributed by atoms with Gasteiger partial charge in [-0.25, -0.2) is 0 Å². The van der Waals surface area contributed by atoms with E-state index >= 15 is 13.2 Å². The number of para-hydroxylation sites is 8. The van der Waals surface area contributed by atoms with E-state index in [4.69, 9.17) is 0 Å². The van der Waals surface area contributed by atoms with E-state index < -0.39 is 29.0 Å². The molecule has 21 aromatic rings. The summed E-state index contributed by atoms with van der Waals surface area (Å²) in [6, 6.07) is 107. The molecule has 0 amide bonds. The number of fused-ring (bicyclic) bond motifs is 18. The lowest BCUT2D eigenvalue weighted by Crippen LogP contribution is -2.12. The van der Waals surface area contributed by atoms with E-state index in [2.05, 4.69) is 240 Å². The topological polar surface area (TPSA) is 53.4 Å². The molecule has 15 aromatic carbocycles. The summed E-state index contributed by atoms with van der Waals surface area (Å²) in [5.74, 6) is 0. The Hall–Kier alpha value is -13.8. The van der Waals surface area contributed by atoms with Gasteiger partial charge in [-0.15, -0.1) is 0 Å². The van der Waals surface area contributed by atoms with Gasteiger partial charge in [0.2, 0.25) is 0 Å². The number of alkyl halides is 6. The lowest BCUT2D eigenvalue weighted by Gasteiger charge is -2.21. The summed E-state index contributed by atoms with van der Waals surface area (Å²) in [5.41, 5.74) is 13.9. The standard InChI is InChI=1S/C93H53F6N7/c94-92(95,96)57-35-41-62(77(49-57)93(97,98)99)56-34-40-71(91(48-56)106-89-45-38-60(103-82-29-13-5-21-67(82)68-22-6-14-30-83(68)103)52-75(89)76-53-61(39-46-90(76)106)104-84-31-15-7-23-69(84)70-24-8-16-32-85(70)104)72-47-55(54-100)33-42-86(72)105-87-43-36-58(101-78-25-9-1-17-63(78)64-18-2-10-26-79(64)101)50-73(87)74-51-59(37-44-88(74)105)102-80-27-11-3-19-65(80)66-20-4-12-28-81(66)102/h1-53H. The molecule has 0 saturated carbocycles. The molecule has 0 fully saturated rings. The van der Waals surface area contributed by atoms with E-state index in [-0.39, 0.29) is 11.6 Å². The summed E-state index contributed by atoms with van der Waals surface area (Å²) in [7, 11) is 0. The van der Waals surface area contributed by atoms with Gasteiger partial charge in [0.05, 0.1) is 100 Å². The summed E-state index contributed by atoms with van der Waals surface area (Å²) in [6.45, 7) is 0. The average molecular weight is 1380 g/mol. The van der Waals surface area contributed by atoms with Crippen LogP contribution in [0.15, 0.2) is 322 Å². The smallest absolute Gasteiger partial charge is 0.309 e. The molecule has 7 nitrogen and oxygen atoms in total. The molecule has 502 valence electrons. The number of hydrogen-bond acceptors (Lipinski definition) is 1. The van der Waals surface area contributed by atoms with Crippen molar-refractivity contribution < 1.29 is 26.3 Å². The SMILES string of the molecule is N#Cc1ccc(-n2c3ccc(-n4c5ccccc5c5ccccc54)cc3c3cc(-n4c5ccccc5c5ccccc54)ccc32)c(-c2ccc(-c3ccc(C(F)(F)F)cc3C(F)(F)F)cc2-n2c3ccc(-n4c5ccccc5c5ccccc54)cc3c3cc(-n4c5ccccc5c5ccccc54)ccc32)c1. The van der Waals surface area contributed by atoms with Crippen molar-refractivity contribution in [1.82, 2.24) is 27.4 Å². The Balaban J connectivity index is 0.869. The molecule has 0 atom stereocenters. The molecule has 6 heterocycles. The van der Waals surface area contributed by atoms with E-state index in [1.165, 1.54) is 0 Å². The highest BCUT2D eigenvalue weighted by atomic mass is 19.4. The van der Waals surface area contributed by atoms with E-state index in [1.54, 1.807) is 24.3 Å². The number of halogens is 6. The van der Waals surface area contributed by atoms with Crippen LogP contribution in [0.3, 0.4) is 0 Å². The molecule has 0 unspecified atom stereocenters. The van der Waals surface area contributed by atoms with Crippen LogP contribution in [0.5, 0.6) is 0 Å². The van der Waals surface area contributed by atoms with Gasteiger partial charge >= 0.3 is 12.4 Å². The lowest BCUT2D eigenvalue weighted by molar-refractivity contribution is -0.142. The zero-order valence-electron chi connectivity index (χ0n) is 56.0. The van der Waals surface area contributed by atoms with Gasteiger partial charge < -0.3 is 27.4 Å². The Bertz CT molecular complexity index is 6850. The number of rotatable bonds is 8. The molecule has 106 heavy (non-hydrogen) atoms. The molecule has 0 saturated heterocycles. The fourth-order valence-corrected chi connectivity index (χ4v) is 17.2. The van der Waals surface area contributed by atoms with Gasteiger partial charge in [-0.05, 0) is 169 Å². The van der Waals surface area contributed by atoms with Gasteiger partial charge in [0.1, 0.15) is 0 Å². The molecule has 0 aliphatic rings. The van der Waals surface area contributed by atoms with Gasteiger partial charge in [0, 0.05) is 98.5 Å². The number of hydrogen-bond donors (Lipinski definition) is 0. The minimum Gasteiger partial charge on any atom is -0.309 e. The summed E-state index contributed by atoms with van der Waals surface area (Å²) >= 11 is 0. The van der Waals surface area contributed by atoms with Crippen molar-refractivity contribution in [2.75, 3.05) is 0 Å². The zero-order valence-corrected chi connectivity index (χ0v) is 56.0. The first-order valence-electron chi connectivity index (χ1n) is 34.9. The monoisotopic (exact) mass is 1380 g/mol. The van der Waals surface area contributed by atoms with E-state index in [0.29, 0.717) is 45.2 Å². The summed E-state index contributed by atoms with van der Waals surface area (Å²) in [6.07, 6.45) is -10.3. The lowest BCUT2D eigenvalue weighted by atomic mass is 9.92. The summed E-state index contributed by atoms with van der Waals surface area (Å²) in [5, 5.41) is 23.4. The molecular weight excluding hydrogens is 1330 g/mol. The summed E-state index contributed by atoms with van der Waals surface area (Å²) in [4.78, 5) is 0. The number of aromatic nitrogens is 6. The van der Waals surface area contributed by atoms with Crippen LogP contribution in [0.4, 0.5) is 26.3 Å². The number of nitrogens with zero attached hydrogens (tertiary/aromatic N) is 7. The maximum atomic E-state index is 15.8. The van der Waals surface area contributed by atoms with E-state index in [0.717, 1.165) is 149 Å². The van der Waals surface area contributed by atoms with Crippen molar-refractivity contribution in [3.63, 3.8) is 0 Å². The maximum absolute atomic E-state index is 15.8. The van der Waals surface area contributed by atoms with E-state index in [1.807, 2.05) is 72.8 Å². The molecule has 13 heteroatoms. The third kappa shape index (κ3) is 8.94. The first kappa shape index (κ1) is 60.9. The number of benzene rings is 15. The van der Waals surface area contributed by atoms with Crippen LogP contribution < -0.4 is 0 Å². The van der Waals surface area contributed by atoms with Crippen LogP contribution in [0, 0.1) is 11.3 Å². The van der Waals surface area contributed by atoms with Gasteiger partial charge in [-0.3, -0.25) is 0 Å². The second kappa shape index (κ2) is 22.6. The number of nitriles is 1. The van der Waals surface area contributed by atoms with Crippen LogP contribution in [0.1, 0.15) is 16.7 Å². The minimum absolute atomic E-state index is 0.0173. The fourth-order valence-electron chi connectivity index (χ4n) is 17.2. The van der Waals surface area contributed by atoms with Gasteiger partial charge in [0.15, 0.2) is 0 Å². The first-order chi connectivity index (χ1) is 51.8. The van der Waals surface area contributed by atoms with Crippen molar-refractivity contribution in [3.05, 3.63) is 338 Å². The van der Waals surface area contributed by atoms with Crippen LogP contribution in [-0.4, -0.2) is 27.4 Å². The van der Waals surface area contributed by atoms with Crippen molar-refractivity contribution in [2.45, 2.75) is 12.4 Å². The third-order valence-corrected chi connectivity index (χ3v) is 21.7. The van der Waals surface area contributed by atoms with E-state index in [9.17, 15) is 18.4 Å². The summed E-state index contributed by atoms with van der Waals surface area (Å²) < 4.78 is 105. The zero-order chi connectivity index (χ0) is 71.0. The largest absolute Gasteiger partial charge is 0.417 e. The second-order valence-electron chi connectivity index (χ2n) is 27.3. The Morgan fingerprint density at radius 1 is 0.226 bits per heavy atom. The van der Waals surface area contributed by atoms with Crippen LogP contribution in [0.2, 0.25) is 0 Å². The fraction of sp³-hybridized carbons (Fsp3) is 0.0215. The third-order valence-electron chi connectivity index (χ3n) is 21.7. The Morgan fingerprint density at radius 2 is 0.528 bits per heavy atom. The maximum Gasteiger partial charge on any atom is 0.417 e. The molecular formula is C93H53F6N7. The normalized spacial score (nSPS) is 12.4. The van der Waals surface area contributed by atoms with Crippen molar-refractivity contribution in [2.24, 2.45) is 0 Å². The van der Waals surface area contributed by atoms with Crippen LogP contribution in [0.25, 0.3) is 187 Å². The molecule has 0 aliphatic carbocycles. The second-order valence-corrected chi connectivity index (χ2v) is 27.3. The van der Waals surface area contributed by atoms with Crippen molar-refractivity contribution in [3.8, 4) is 62.4 Å². The molecule has 0 aliphatic heterocycles. The highest BCUT2D eigenvalue weighted by Gasteiger charge is 2.39. The molecule has 0 N–H and O–H groups in total. The predicted molar refractivity (Wildman–Crippen MR) is 418 cm³/mol. The van der Waals surface area contributed by atoms with Gasteiger partial charge in [0.25, 0.3) is 0 Å². The van der Waals surface area contributed by atoms with Gasteiger partial charge in [-0.2, -0.15) is 31.6 Å². The highest BCUT2D eigenvalue weighted by molar-refractivity contribution is 6.17. The molecule has 0 spiro atoms.